The van der Waals surface area contributed by atoms with Gasteiger partial charge in [-0.15, -0.1) is 24.0 Å². The van der Waals surface area contributed by atoms with Gasteiger partial charge >= 0.3 is 0 Å². The van der Waals surface area contributed by atoms with Crippen LogP contribution in [0.2, 0.25) is 0 Å². The van der Waals surface area contributed by atoms with Crippen LogP contribution in [-0.2, 0) is 16.6 Å². The quantitative estimate of drug-likeness (QED) is 0.234. The van der Waals surface area contributed by atoms with Crippen molar-refractivity contribution in [2.75, 3.05) is 18.8 Å². The van der Waals surface area contributed by atoms with Gasteiger partial charge in [0.25, 0.3) is 0 Å². The maximum absolute atomic E-state index is 11.8. The Morgan fingerprint density at radius 3 is 2.59 bits per heavy atom. The van der Waals surface area contributed by atoms with Crippen molar-refractivity contribution in [3.05, 3.63) is 35.9 Å². The number of sulfonamides is 1. The van der Waals surface area contributed by atoms with Crippen LogP contribution in [0.1, 0.15) is 25.3 Å². The molecule has 0 aliphatic heterocycles. The van der Waals surface area contributed by atoms with Crippen LogP contribution in [0.25, 0.3) is 0 Å². The number of nitrogens with two attached hydrogens (primary N) is 1. The minimum absolute atomic E-state index is 0. The Balaban J connectivity index is 0.00000441. The highest BCUT2D eigenvalue weighted by Crippen LogP contribution is 1.98. The number of unbranched alkanes of at least 4 members (excludes halogenated alkanes) is 1. The summed E-state index contributed by atoms with van der Waals surface area (Å²) < 4.78 is 26.2. The van der Waals surface area contributed by atoms with E-state index in [9.17, 15) is 8.42 Å². The van der Waals surface area contributed by atoms with Gasteiger partial charge in [-0.1, -0.05) is 43.7 Å². The molecule has 0 unspecified atom stereocenters. The molecule has 0 aromatic heterocycles. The summed E-state index contributed by atoms with van der Waals surface area (Å²) in [7, 11) is -3.32. The molecule has 1 aromatic carbocycles. The molecule has 0 heterocycles. The Morgan fingerprint density at radius 2 is 1.95 bits per heavy atom. The number of guanidine groups is 1. The van der Waals surface area contributed by atoms with Crippen LogP contribution in [0, 0.1) is 0 Å². The van der Waals surface area contributed by atoms with E-state index in [0.29, 0.717) is 19.0 Å². The van der Waals surface area contributed by atoms with E-state index in [2.05, 4.69) is 22.0 Å². The number of hydrogen-bond donors (Lipinski definition) is 3. The third-order valence-corrected chi connectivity index (χ3v) is 4.14. The van der Waals surface area contributed by atoms with E-state index in [1.165, 1.54) is 0 Å². The smallest absolute Gasteiger partial charge is 0.213 e. The van der Waals surface area contributed by atoms with Gasteiger partial charge in [0.05, 0.1) is 5.75 Å². The first-order valence-corrected chi connectivity index (χ1v) is 8.74. The van der Waals surface area contributed by atoms with E-state index in [0.717, 1.165) is 18.4 Å². The lowest BCUT2D eigenvalue weighted by atomic mass is 10.2. The molecule has 0 saturated carbocycles. The zero-order valence-corrected chi connectivity index (χ0v) is 15.9. The predicted molar refractivity (Wildman–Crippen MR) is 102 cm³/mol. The van der Waals surface area contributed by atoms with Crippen LogP contribution >= 0.6 is 24.0 Å². The fraction of sp³-hybridized carbons (Fsp3) is 0.500. The lowest BCUT2D eigenvalue weighted by molar-refractivity contribution is 0.580. The second-order valence-electron chi connectivity index (χ2n) is 4.67. The zero-order valence-electron chi connectivity index (χ0n) is 12.8. The summed E-state index contributed by atoms with van der Waals surface area (Å²) in [4.78, 5) is 4.10. The van der Waals surface area contributed by atoms with Crippen molar-refractivity contribution in [1.29, 1.82) is 0 Å². The third kappa shape index (κ3) is 9.96. The Bertz CT molecular complexity index is 535. The number of rotatable bonds is 9. The molecular weight excluding hydrogens is 415 g/mol. The lowest BCUT2D eigenvalue weighted by Crippen LogP contribution is -2.38. The molecule has 0 aliphatic rings. The maximum Gasteiger partial charge on any atom is 0.213 e. The molecule has 22 heavy (non-hydrogen) atoms. The summed E-state index contributed by atoms with van der Waals surface area (Å²) in [6.07, 6.45) is 2.02. The summed E-state index contributed by atoms with van der Waals surface area (Å²) >= 11 is 0. The number of hydrogen-bond acceptors (Lipinski definition) is 3. The molecule has 0 spiro atoms. The van der Waals surface area contributed by atoms with Crippen LogP contribution in [0.3, 0.4) is 0 Å². The van der Waals surface area contributed by atoms with E-state index in [4.69, 9.17) is 5.73 Å². The molecule has 126 valence electrons. The first-order valence-electron chi connectivity index (χ1n) is 7.08. The van der Waals surface area contributed by atoms with Crippen molar-refractivity contribution in [2.24, 2.45) is 10.7 Å². The van der Waals surface area contributed by atoms with Crippen LogP contribution in [-0.4, -0.2) is 33.2 Å². The van der Waals surface area contributed by atoms with Gasteiger partial charge in [0.15, 0.2) is 5.96 Å². The second kappa shape index (κ2) is 11.7. The average molecular weight is 440 g/mol. The minimum Gasteiger partial charge on any atom is -0.370 e. The SMILES string of the molecule is CCCCN=C(N)NCCS(=O)(=O)NCc1ccccc1.I. The molecule has 4 N–H and O–H groups in total. The highest BCUT2D eigenvalue weighted by Gasteiger charge is 2.09. The monoisotopic (exact) mass is 440 g/mol. The standard InChI is InChI=1S/C14H24N4O2S.HI/c1-2-3-9-16-14(15)17-10-11-21(19,20)18-12-13-7-5-4-6-8-13;/h4-8,18H,2-3,9-12H2,1H3,(H3,15,16,17);1H. The first-order chi connectivity index (χ1) is 10.0. The van der Waals surface area contributed by atoms with Crippen molar-refractivity contribution in [3.8, 4) is 0 Å². The maximum atomic E-state index is 11.8. The normalized spacial score (nSPS) is 11.8. The third-order valence-electron chi connectivity index (χ3n) is 2.81. The molecule has 0 aliphatic carbocycles. The molecule has 0 fully saturated rings. The number of nitrogens with one attached hydrogen (secondary N) is 2. The van der Waals surface area contributed by atoms with E-state index < -0.39 is 10.0 Å². The highest BCUT2D eigenvalue weighted by atomic mass is 127. The predicted octanol–water partition coefficient (Wildman–Crippen LogP) is 1.43. The molecule has 1 rings (SSSR count). The van der Waals surface area contributed by atoms with Gasteiger partial charge in [0.2, 0.25) is 10.0 Å². The first kappa shape index (κ1) is 21.1. The summed E-state index contributed by atoms with van der Waals surface area (Å²) in [6.45, 7) is 3.27. The van der Waals surface area contributed by atoms with Crippen molar-refractivity contribution >= 4 is 40.0 Å². The summed E-state index contributed by atoms with van der Waals surface area (Å²) in [5.74, 6) is 0.255. The van der Waals surface area contributed by atoms with Crippen LogP contribution in [0.5, 0.6) is 0 Å². The van der Waals surface area contributed by atoms with Crippen molar-refractivity contribution in [2.45, 2.75) is 26.3 Å². The van der Waals surface area contributed by atoms with Crippen LogP contribution < -0.4 is 15.8 Å². The molecule has 0 saturated heterocycles. The largest absolute Gasteiger partial charge is 0.370 e. The van der Waals surface area contributed by atoms with E-state index in [1.807, 2.05) is 30.3 Å². The molecule has 6 nitrogen and oxygen atoms in total. The van der Waals surface area contributed by atoms with Crippen molar-refractivity contribution in [3.63, 3.8) is 0 Å². The molecule has 8 heteroatoms. The van der Waals surface area contributed by atoms with Gasteiger partial charge in [-0.2, -0.15) is 0 Å². The Labute approximate surface area is 150 Å². The van der Waals surface area contributed by atoms with Gasteiger partial charge in [-0.3, -0.25) is 4.99 Å². The van der Waals surface area contributed by atoms with Gasteiger partial charge in [0.1, 0.15) is 0 Å². The summed E-state index contributed by atoms with van der Waals surface area (Å²) in [6, 6.07) is 9.39. The van der Waals surface area contributed by atoms with Gasteiger partial charge in [-0.25, -0.2) is 13.1 Å². The average Bonchev–Trinajstić information content (AvgIpc) is 2.46. The summed E-state index contributed by atoms with van der Waals surface area (Å²) in [5.41, 5.74) is 6.56. The minimum atomic E-state index is -3.32. The van der Waals surface area contributed by atoms with E-state index in [-0.39, 0.29) is 36.3 Å². The summed E-state index contributed by atoms with van der Waals surface area (Å²) in [5, 5.41) is 2.80. The number of halogens is 1. The fourth-order valence-corrected chi connectivity index (χ4v) is 2.49. The van der Waals surface area contributed by atoms with Gasteiger partial charge in [0, 0.05) is 19.6 Å². The molecule has 0 bridgehead atoms. The second-order valence-corrected chi connectivity index (χ2v) is 6.60. The number of nitrogens with zero attached hydrogens (tertiary/aromatic N) is 1. The van der Waals surface area contributed by atoms with Crippen molar-refractivity contribution < 1.29 is 8.42 Å². The highest BCUT2D eigenvalue weighted by molar-refractivity contribution is 14.0. The van der Waals surface area contributed by atoms with Gasteiger partial charge < -0.3 is 11.1 Å². The van der Waals surface area contributed by atoms with E-state index >= 15 is 0 Å². The van der Waals surface area contributed by atoms with Gasteiger partial charge in [-0.05, 0) is 12.0 Å². The Morgan fingerprint density at radius 1 is 1.27 bits per heavy atom. The fourth-order valence-electron chi connectivity index (χ4n) is 1.59. The molecule has 0 atom stereocenters. The molecule has 0 radical (unpaired) electrons. The Kier molecular flexibility index (Phi) is 11.2. The molecule has 1 aromatic rings. The van der Waals surface area contributed by atoms with Crippen molar-refractivity contribution in [1.82, 2.24) is 10.0 Å². The topological polar surface area (TPSA) is 96.6 Å². The van der Waals surface area contributed by atoms with Crippen LogP contribution in [0.4, 0.5) is 0 Å². The lowest BCUT2D eigenvalue weighted by Gasteiger charge is -2.08. The molecular formula is C14H25IN4O2S. The molecule has 0 amide bonds. The van der Waals surface area contributed by atoms with E-state index in [1.54, 1.807) is 0 Å². The zero-order chi connectivity index (χ0) is 15.6. The Hall–Kier alpha value is -0.870. The number of aliphatic imine (C=N–C) groups is 1. The van der Waals surface area contributed by atoms with Crippen LogP contribution in [0.15, 0.2) is 35.3 Å². The number of benzene rings is 1.